The monoisotopic (exact) mass is 314 g/mol. The van der Waals surface area contributed by atoms with Crippen LogP contribution < -0.4 is 4.72 Å². The van der Waals surface area contributed by atoms with Crippen molar-refractivity contribution in [2.45, 2.75) is 44.9 Å². The number of nitrogens with one attached hydrogen (secondary N) is 1. The predicted molar refractivity (Wildman–Crippen MR) is 73.8 cm³/mol. The Morgan fingerprint density at radius 1 is 1.48 bits per heavy atom. The maximum atomic E-state index is 12.2. The number of nitrogens with zero attached hydrogens (tertiary/aromatic N) is 3. The zero-order valence-corrected chi connectivity index (χ0v) is 12.9. The Bertz CT molecular complexity index is 717. The number of aliphatic hydroxyl groups is 1. The number of aliphatic hydroxyl groups excluding tert-OH is 1. The van der Waals surface area contributed by atoms with E-state index in [1.807, 2.05) is 13.8 Å². The van der Waals surface area contributed by atoms with Gasteiger partial charge < -0.3 is 14.2 Å². The normalized spacial score (nSPS) is 12.2. The molecule has 0 bridgehead atoms. The topological polar surface area (TPSA) is 110 Å². The van der Waals surface area contributed by atoms with Gasteiger partial charge in [0.15, 0.2) is 5.82 Å². The van der Waals surface area contributed by atoms with Crippen molar-refractivity contribution in [1.29, 1.82) is 0 Å². The first-order valence-electron chi connectivity index (χ1n) is 6.44. The summed E-state index contributed by atoms with van der Waals surface area (Å²) < 4.78 is 33.3. The van der Waals surface area contributed by atoms with Crippen LogP contribution in [0.3, 0.4) is 0 Å². The highest BCUT2D eigenvalue weighted by atomic mass is 32.2. The van der Waals surface area contributed by atoms with E-state index in [0.717, 1.165) is 0 Å². The fraction of sp³-hybridized carbons (Fsp3) is 0.500. The predicted octanol–water partition coefficient (Wildman–Crippen LogP) is 0.731. The van der Waals surface area contributed by atoms with Gasteiger partial charge in [-0.1, -0.05) is 5.16 Å². The standard InChI is InChI=1S/C12H18N4O4S/c1-8(2)16-6-11(4-10(16)7-17)21(18,19)13-5-12-14-9(3)20-15-12/h4,6,8,13,17H,5,7H2,1-3H3. The lowest BCUT2D eigenvalue weighted by Crippen LogP contribution is -2.23. The highest BCUT2D eigenvalue weighted by Gasteiger charge is 2.19. The zero-order chi connectivity index (χ0) is 15.6. The van der Waals surface area contributed by atoms with Gasteiger partial charge >= 0.3 is 0 Å². The van der Waals surface area contributed by atoms with Crippen molar-refractivity contribution >= 4 is 10.0 Å². The molecule has 0 saturated heterocycles. The summed E-state index contributed by atoms with van der Waals surface area (Å²) in [6.45, 7) is 5.16. The van der Waals surface area contributed by atoms with E-state index in [0.29, 0.717) is 11.6 Å². The third-order valence-electron chi connectivity index (χ3n) is 2.93. The number of aryl methyl sites for hydroxylation is 1. The largest absolute Gasteiger partial charge is 0.390 e. The lowest BCUT2D eigenvalue weighted by atomic mass is 10.3. The second-order valence-electron chi connectivity index (χ2n) is 4.88. The SMILES string of the molecule is Cc1nc(CNS(=O)(=O)c2cc(CO)n(C(C)C)c2)no1. The molecule has 2 aromatic heterocycles. The van der Waals surface area contributed by atoms with Gasteiger partial charge in [0.2, 0.25) is 15.9 Å². The van der Waals surface area contributed by atoms with Crippen LogP contribution in [0.4, 0.5) is 0 Å². The summed E-state index contributed by atoms with van der Waals surface area (Å²) in [6.07, 6.45) is 1.50. The van der Waals surface area contributed by atoms with Gasteiger partial charge in [-0.05, 0) is 19.9 Å². The van der Waals surface area contributed by atoms with E-state index in [9.17, 15) is 13.5 Å². The van der Waals surface area contributed by atoms with Gasteiger partial charge in [-0.3, -0.25) is 0 Å². The first kappa shape index (κ1) is 15.7. The Morgan fingerprint density at radius 2 is 2.19 bits per heavy atom. The molecular formula is C12H18N4O4S. The summed E-state index contributed by atoms with van der Waals surface area (Å²) in [7, 11) is -3.70. The van der Waals surface area contributed by atoms with Crippen LogP contribution >= 0.6 is 0 Å². The van der Waals surface area contributed by atoms with Crippen LogP contribution in [0.1, 0.15) is 37.3 Å². The molecule has 0 aliphatic heterocycles. The van der Waals surface area contributed by atoms with Gasteiger partial charge in [0, 0.05) is 24.9 Å². The molecule has 116 valence electrons. The average molecular weight is 314 g/mol. The molecular weight excluding hydrogens is 296 g/mol. The Morgan fingerprint density at radius 3 is 2.67 bits per heavy atom. The van der Waals surface area contributed by atoms with E-state index in [1.54, 1.807) is 11.5 Å². The third kappa shape index (κ3) is 3.49. The molecule has 21 heavy (non-hydrogen) atoms. The highest BCUT2D eigenvalue weighted by Crippen LogP contribution is 2.19. The summed E-state index contributed by atoms with van der Waals surface area (Å²) in [5.41, 5.74) is 0.542. The van der Waals surface area contributed by atoms with Crippen LogP contribution in [-0.4, -0.2) is 28.2 Å². The number of sulfonamides is 1. The molecule has 0 saturated carbocycles. The Kier molecular flexibility index (Phi) is 4.45. The summed E-state index contributed by atoms with van der Waals surface area (Å²) >= 11 is 0. The van der Waals surface area contributed by atoms with Crippen molar-refractivity contribution in [2.75, 3.05) is 0 Å². The van der Waals surface area contributed by atoms with Crippen molar-refractivity contribution in [3.05, 3.63) is 29.7 Å². The van der Waals surface area contributed by atoms with Crippen LogP contribution in [-0.2, 0) is 23.2 Å². The lowest BCUT2D eigenvalue weighted by Gasteiger charge is -2.10. The van der Waals surface area contributed by atoms with Crippen LogP contribution in [0.5, 0.6) is 0 Å². The minimum absolute atomic E-state index is 0.0518. The molecule has 8 nitrogen and oxygen atoms in total. The number of hydrogen-bond donors (Lipinski definition) is 2. The van der Waals surface area contributed by atoms with Crippen LogP contribution in [0.15, 0.2) is 21.7 Å². The van der Waals surface area contributed by atoms with Gasteiger partial charge in [0.25, 0.3) is 0 Å². The fourth-order valence-electron chi connectivity index (χ4n) is 1.91. The van der Waals surface area contributed by atoms with Crippen molar-refractivity contribution in [1.82, 2.24) is 19.4 Å². The molecule has 0 atom stereocenters. The molecule has 2 rings (SSSR count). The zero-order valence-electron chi connectivity index (χ0n) is 12.1. The minimum Gasteiger partial charge on any atom is -0.390 e. The van der Waals surface area contributed by atoms with Crippen molar-refractivity contribution < 1.29 is 18.0 Å². The molecule has 2 aromatic rings. The van der Waals surface area contributed by atoms with E-state index < -0.39 is 10.0 Å². The summed E-state index contributed by atoms with van der Waals surface area (Å²) in [5.74, 6) is 0.638. The van der Waals surface area contributed by atoms with Gasteiger partial charge in [-0.25, -0.2) is 13.1 Å². The second kappa shape index (κ2) is 5.96. The first-order chi connectivity index (χ1) is 9.83. The molecule has 0 radical (unpaired) electrons. The van der Waals surface area contributed by atoms with E-state index in [1.165, 1.54) is 12.3 Å². The lowest BCUT2D eigenvalue weighted by molar-refractivity contribution is 0.268. The number of aromatic nitrogens is 3. The molecule has 0 aliphatic carbocycles. The molecule has 0 aliphatic rings. The molecule has 0 unspecified atom stereocenters. The Labute approximate surface area is 122 Å². The van der Waals surface area contributed by atoms with Gasteiger partial charge in [0.1, 0.15) is 0 Å². The van der Waals surface area contributed by atoms with Crippen molar-refractivity contribution in [3.8, 4) is 0 Å². The molecule has 0 amide bonds. The smallest absolute Gasteiger partial charge is 0.242 e. The molecule has 0 spiro atoms. The third-order valence-corrected chi connectivity index (χ3v) is 4.29. The second-order valence-corrected chi connectivity index (χ2v) is 6.65. The molecule has 9 heteroatoms. The van der Waals surface area contributed by atoms with Crippen LogP contribution in [0, 0.1) is 6.92 Å². The Hall–Kier alpha value is -1.71. The fourth-order valence-corrected chi connectivity index (χ4v) is 2.94. The van der Waals surface area contributed by atoms with Gasteiger partial charge in [-0.15, -0.1) is 0 Å². The van der Waals surface area contributed by atoms with Gasteiger partial charge in [0.05, 0.1) is 18.0 Å². The summed E-state index contributed by atoms with van der Waals surface area (Å²) in [6, 6.07) is 1.50. The van der Waals surface area contributed by atoms with Gasteiger partial charge in [-0.2, -0.15) is 4.98 Å². The molecule has 2 N–H and O–H groups in total. The maximum absolute atomic E-state index is 12.2. The molecule has 0 aromatic carbocycles. The molecule has 0 fully saturated rings. The van der Waals surface area contributed by atoms with Crippen molar-refractivity contribution in [2.24, 2.45) is 0 Å². The summed E-state index contributed by atoms with van der Waals surface area (Å²) in [5, 5.41) is 12.9. The van der Waals surface area contributed by atoms with Crippen molar-refractivity contribution in [3.63, 3.8) is 0 Å². The minimum atomic E-state index is -3.70. The number of hydrogen-bond acceptors (Lipinski definition) is 6. The molecule has 2 heterocycles. The van der Waals surface area contributed by atoms with E-state index in [-0.39, 0.29) is 29.9 Å². The average Bonchev–Trinajstić information content (AvgIpc) is 3.02. The van der Waals surface area contributed by atoms with E-state index in [2.05, 4.69) is 14.9 Å². The van der Waals surface area contributed by atoms with Crippen LogP contribution in [0.25, 0.3) is 0 Å². The first-order valence-corrected chi connectivity index (χ1v) is 7.92. The van der Waals surface area contributed by atoms with E-state index in [4.69, 9.17) is 4.52 Å². The number of rotatable bonds is 6. The summed E-state index contributed by atoms with van der Waals surface area (Å²) in [4.78, 5) is 4.02. The maximum Gasteiger partial charge on any atom is 0.242 e. The Balaban J connectivity index is 2.19. The van der Waals surface area contributed by atoms with Crippen LogP contribution in [0.2, 0.25) is 0 Å². The van der Waals surface area contributed by atoms with E-state index >= 15 is 0 Å². The quantitative estimate of drug-likeness (QED) is 0.813. The highest BCUT2D eigenvalue weighted by molar-refractivity contribution is 7.89.